The van der Waals surface area contributed by atoms with Crippen molar-refractivity contribution >= 4 is 5.91 Å². The van der Waals surface area contributed by atoms with Crippen molar-refractivity contribution in [2.45, 2.75) is 31.5 Å². The first kappa shape index (κ1) is 10.8. The molecule has 2 heterocycles. The van der Waals surface area contributed by atoms with Crippen LogP contribution in [-0.2, 0) is 9.53 Å². The van der Waals surface area contributed by atoms with Gasteiger partial charge in [0.15, 0.2) is 6.10 Å². The van der Waals surface area contributed by atoms with Crippen LogP contribution >= 0.6 is 0 Å². The number of carbonyl (C=O) groups is 1. The van der Waals surface area contributed by atoms with Gasteiger partial charge >= 0.3 is 0 Å². The summed E-state index contributed by atoms with van der Waals surface area (Å²) < 4.78 is 5.53. The summed E-state index contributed by atoms with van der Waals surface area (Å²) in [6.07, 6.45) is 3.28. The Labute approximate surface area is 101 Å². The van der Waals surface area contributed by atoms with Crippen LogP contribution in [0.15, 0.2) is 30.3 Å². The van der Waals surface area contributed by atoms with Crippen LogP contribution < -0.4 is 0 Å². The van der Waals surface area contributed by atoms with Gasteiger partial charge in [-0.05, 0) is 24.8 Å². The number of epoxide rings is 1. The normalized spacial score (nSPS) is 27.9. The standard InChI is InChI=1S/C14H17NO2/c16-14(15-9-5-2-6-10-15)13-12(17-13)11-7-3-1-4-8-11/h1,3-4,7-8,12-13H,2,5-6,9-10H2/t12-,13-/m0/s1. The van der Waals surface area contributed by atoms with Crippen molar-refractivity contribution in [3.8, 4) is 0 Å². The monoisotopic (exact) mass is 231 g/mol. The molecule has 90 valence electrons. The zero-order valence-electron chi connectivity index (χ0n) is 9.84. The summed E-state index contributed by atoms with van der Waals surface area (Å²) in [6, 6.07) is 9.99. The molecule has 2 atom stereocenters. The van der Waals surface area contributed by atoms with Crippen LogP contribution in [0.5, 0.6) is 0 Å². The van der Waals surface area contributed by atoms with Gasteiger partial charge in [-0.25, -0.2) is 0 Å². The zero-order valence-corrected chi connectivity index (χ0v) is 9.84. The van der Waals surface area contributed by atoms with E-state index in [0.717, 1.165) is 31.5 Å². The lowest BCUT2D eigenvalue weighted by Crippen LogP contribution is -2.38. The molecule has 0 aromatic heterocycles. The molecule has 0 N–H and O–H groups in total. The van der Waals surface area contributed by atoms with Gasteiger partial charge in [0.2, 0.25) is 0 Å². The molecule has 2 saturated heterocycles. The van der Waals surface area contributed by atoms with Gasteiger partial charge in [-0.15, -0.1) is 0 Å². The Balaban J connectivity index is 1.62. The quantitative estimate of drug-likeness (QED) is 0.730. The first-order chi connectivity index (χ1) is 8.36. The highest BCUT2D eigenvalue weighted by Gasteiger charge is 2.47. The maximum Gasteiger partial charge on any atom is 0.254 e. The molecule has 0 spiro atoms. The van der Waals surface area contributed by atoms with Crippen molar-refractivity contribution in [2.75, 3.05) is 13.1 Å². The number of ether oxygens (including phenoxy) is 1. The minimum Gasteiger partial charge on any atom is -0.354 e. The van der Waals surface area contributed by atoms with Crippen molar-refractivity contribution in [3.05, 3.63) is 35.9 Å². The Morgan fingerprint density at radius 2 is 1.82 bits per heavy atom. The largest absolute Gasteiger partial charge is 0.354 e. The lowest BCUT2D eigenvalue weighted by atomic mass is 10.1. The molecule has 1 aromatic rings. The average molecular weight is 231 g/mol. The Hall–Kier alpha value is -1.35. The van der Waals surface area contributed by atoms with Gasteiger partial charge in [-0.3, -0.25) is 4.79 Å². The number of piperidine rings is 1. The Morgan fingerprint density at radius 1 is 1.12 bits per heavy atom. The van der Waals surface area contributed by atoms with E-state index in [9.17, 15) is 4.79 Å². The molecular formula is C14H17NO2. The van der Waals surface area contributed by atoms with E-state index in [1.54, 1.807) is 0 Å². The van der Waals surface area contributed by atoms with Gasteiger partial charge < -0.3 is 9.64 Å². The van der Waals surface area contributed by atoms with Crippen LogP contribution in [0.25, 0.3) is 0 Å². The summed E-state index contributed by atoms with van der Waals surface area (Å²) >= 11 is 0. The number of benzene rings is 1. The number of carbonyl (C=O) groups excluding carboxylic acids is 1. The van der Waals surface area contributed by atoms with E-state index < -0.39 is 0 Å². The second kappa shape index (κ2) is 4.49. The van der Waals surface area contributed by atoms with Crippen molar-refractivity contribution in [3.63, 3.8) is 0 Å². The molecule has 2 aliphatic heterocycles. The lowest BCUT2D eigenvalue weighted by molar-refractivity contribution is -0.133. The maximum absolute atomic E-state index is 12.1. The molecule has 1 amide bonds. The van der Waals surface area contributed by atoms with Crippen LogP contribution in [0.3, 0.4) is 0 Å². The average Bonchev–Trinajstić information content (AvgIpc) is 3.20. The third kappa shape index (κ3) is 2.20. The number of hydrogen-bond donors (Lipinski definition) is 0. The maximum atomic E-state index is 12.1. The van der Waals surface area contributed by atoms with Crippen molar-refractivity contribution in [2.24, 2.45) is 0 Å². The number of rotatable bonds is 2. The number of amides is 1. The van der Waals surface area contributed by atoms with E-state index in [0.29, 0.717) is 0 Å². The van der Waals surface area contributed by atoms with Crippen molar-refractivity contribution in [1.29, 1.82) is 0 Å². The number of likely N-dealkylation sites (tertiary alicyclic amines) is 1. The second-order valence-corrected chi connectivity index (χ2v) is 4.77. The molecule has 2 aliphatic rings. The fraction of sp³-hybridized carbons (Fsp3) is 0.500. The Bertz CT molecular complexity index is 398. The third-order valence-electron chi connectivity index (χ3n) is 3.53. The summed E-state index contributed by atoms with van der Waals surface area (Å²) in [5, 5.41) is 0. The molecule has 3 nitrogen and oxygen atoms in total. The van der Waals surface area contributed by atoms with Crippen LogP contribution in [0.4, 0.5) is 0 Å². The summed E-state index contributed by atoms with van der Waals surface area (Å²) in [5.41, 5.74) is 1.11. The summed E-state index contributed by atoms with van der Waals surface area (Å²) in [6.45, 7) is 1.81. The molecule has 0 unspecified atom stereocenters. The highest BCUT2D eigenvalue weighted by atomic mass is 16.6. The fourth-order valence-corrected chi connectivity index (χ4v) is 2.49. The van der Waals surface area contributed by atoms with Gasteiger partial charge in [0.1, 0.15) is 6.10 Å². The molecule has 3 rings (SSSR count). The van der Waals surface area contributed by atoms with E-state index in [-0.39, 0.29) is 18.1 Å². The first-order valence-electron chi connectivity index (χ1n) is 6.35. The fourth-order valence-electron chi connectivity index (χ4n) is 2.49. The predicted molar refractivity (Wildman–Crippen MR) is 64.5 cm³/mol. The van der Waals surface area contributed by atoms with E-state index >= 15 is 0 Å². The lowest BCUT2D eigenvalue weighted by Gasteiger charge is -2.26. The summed E-state index contributed by atoms with van der Waals surface area (Å²) in [5.74, 6) is 0.179. The molecule has 0 saturated carbocycles. The molecule has 1 aromatic carbocycles. The summed E-state index contributed by atoms with van der Waals surface area (Å²) in [4.78, 5) is 14.1. The number of nitrogens with zero attached hydrogens (tertiary/aromatic N) is 1. The first-order valence-corrected chi connectivity index (χ1v) is 6.35. The zero-order chi connectivity index (χ0) is 11.7. The van der Waals surface area contributed by atoms with Gasteiger partial charge in [-0.1, -0.05) is 30.3 Å². The van der Waals surface area contributed by atoms with Gasteiger partial charge in [-0.2, -0.15) is 0 Å². The van der Waals surface area contributed by atoms with Crippen LogP contribution in [0.2, 0.25) is 0 Å². The van der Waals surface area contributed by atoms with E-state index in [1.807, 2.05) is 35.2 Å². The highest BCUT2D eigenvalue weighted by molar-refractivity contribution is 5.84. The third-order valence-corrected chi connectivity index (χ3v) is 3.53. The van der Waals surface area contributed by atoms with Crippen LogP contribution in [-0.4, -0.2) is 30.0 Å². The SMILES string of the molecule is O=C([C@H]1O[C@H]1c1ccccc1)N1CCCCC1. The molecule has 2 fully saturated rings. The van der Waals surface area contributed by atoms with E-state index in [4.69, 9.17) is 4.74 Å². The second-order valence-electron chi connectivity index (χ2n) is 4.77. The van der Waals surface area contributed by atoms with Gasteiger partial charge in [0.25, 0.3) is 5.91 Å². The molecule has 3 heteroatoms. The van der Waals surface area contributed by atoms with E-state index in [2.05, 4.69) is 0 Å². The van der Waals surface area contributed by atoms with E-state index in [1.165, 1.54) is 6.42 Å². The smallest absolute Gasteiger partial charge is 0.254 e. The molecular weight excluding hydrogens is 214 g/mol. The van der Waals surface area contributed by atoms with Crippen LogP contribution in [0, 0.1) is 0 Å². The highest BCUT2D eigenvalue weighted by Crippen LogP contribution is 2.39. The van der Waals surface area contributed by atoms with Crippen molar-refractivity contribution in [1.82, 2.24) is 4.90 Å². The minimum absolute atomic E-state index is 0.00868. The van der Waals surface area contributed by atoms with Gasteiger partial charge in [0, 0.05) is 13.1 Å². The summed E-state index contributed by atoms with van der Waals surface area (Å²) in [7, 11) is 0. The minimum atomic E-state index is -0.226. The topological polar surface area (TPSA) is 32.8 Å². The Kier molecular flexibility index (Phi) is 2.85. The molecule has 0 aliphatic carbocycles. The Morgan fingerprint density at radius 3 is 2.53 bits per heavy atom. The molecule has 0 bridgehead atoms. The van der Waals surface area contributed by atoms with Crippen molar-refractivity contribution < 1.29 is 9.53 Å². The predicted octanol–water partition coefficient (Wildman–Crippen LogP) is 2.14. The van der Waals surface area contributed by atoms with Crippen LogP contribution in [0.1, 0.15) is 30.9 Å². The van der Waals surface area contributed by atoms with Gasteiger partial charge in [0.05, 0.1) is 0 Å². The molecule has 0 radical (unpaired) electrons. The number of hydrogen-bond acceptors (Lipinski definition) is 2. The molecule has 17 heavy (non-hydrogen) atoms.